The first kappa shape index (κ1) is 19.6. The smallest absolute Gasteiger partial charge is 0.319 e. The molecule has 0 aliphatic carbocycles. The summed E-state index contributed by atoms with van der Waals surface area (Å²) in [6, 6.07) is 12.9. The highest BCUT2D eigenvalue weighted by molar-refractivity contribution is 6.32. The van der Waals surface area contributed by atoms with Gasteiger partial charge in [0.2, 0.25) is 5.91 Å². The maximum Gasteiger partial charge on any atom is 0.319 e. The molecule has 0 aliphatic rings. The van der Waals surface area contributed by atoms with Crippen LogP contribution in [0.3, 0.4) is 0 Å². The Bertz CT molecular complexity index is 766. The van der Waals surface area contributed by atoms with Crippen LogP contribution in [-0.4, -0.2) is 25.1 Å². The predicted molar refractivity (Wildman–Crippen MR) is 104 cm³/mol. The first-order valence-electron chi connectivity index (χ1n) is 8.18. The number of carbonyl (C=O) groups is 2. The minimum absolute atomic E-state index is 0.123. The van der Waals surface area contributed by atoms with E-state index in [2.05, 4.69) is 16.0 Å². The van der Waals surface area contributed by atoms with E-state index < -0.39 is 12.1 Å². The van der Waals surface area contributed by atoms with Gasteiger partial charge in [-0.15, -0.1) is 0 Å². The van der Waals surface area contributed by atoms with Crippen LogP contribution >= 0.6 is 11.6 Å². The summed E-state index contributed by atoms with van der Waals surface area (Å²) in [5, 5.41) is 8.56. The largest absolute Gasteiger partial charge is 0.493 e. The van der Waals surface area contributed by atoms with Gasteiger partial charge in [0.15, 0.2) is 5.75 Å². The minimum Gasteiger partial charge on any atom is -0.493 e. The third kappa shape index (κ3) is 5.13. The lowest BCUT2D eigenvalue weighted by atomic mass is 10.0. The Morgan fingerprint density at radius 1 is 1.00 bits per heavy atom. The number of urea groups is 1. The van der Waals surface area contributed by atoms with Crippen molar-refractivity contribution in [3.63, 3.8) is 0 Å². The van der Waals surface area contributed by atoms with Crippen molar-refractivity contribution in [3.8, 4) is 5.75 Å². The van der Waals surface area contributed by atoms with Crippen LogP contribution in [0.4, 0.5) is 16.2 Å². The molecule has 2 rings (SSSR count). The van der Waals surface area contributed by atoms with Gasteiger partial charge in [-0.2, -0.15) is 0 Å². The zero-order chi connectivity index (χ0) is 19.1. The number of ether oxygens (including phenoxy) is 1. The Kier molecular flexibility index (Phi) is 6.86. The number of halogens is 1. The summed E-state index contributed by atoms with van der Waals surface area (Å²) in [5.41, 5.74) is 1.09. The van der Waals surface area contributed by atoms with Gasteiger partial charge in [0, 0.05) is 5.69 Å². The molecule has 26 heavy (non-hydrogen) atoms. The van der Waals surface area contributed by atoms with E-state index in [1.165, 1.54) is 7.11 Å². The van der Waals surface area contributed by atoms with Crippen LogP contribution in [0.2, 0.25) is 5.02 Å². The number of hydrogen-bond donors (Lipinski definition) is 3. The lowest BCUT2D eigenvalue weighted by Crippen LogP contribution is -2.48. The van der Waals surface area contributed by atoms with Crippen LogP contribution in [0.15, 0.2) is 48.5 Å². The van der Waals surface area contributed by atoms with Gasteiger partial charge in [0.1, 0.15) is 6.04 Å². The summed E-state index contributed by atoms with van der Waals surface area (Å²) < 4.78 is 5.23. The van der Waals surface area contributed by atoms with Crippen molar-refractivity contribution in [3.05, 3.63) is 53.6 Å². The van der Waals surface area contributed by atoms with Crippen molar-refractivity contribution in [2.45, 2.75) is 19.9 Å². The lowest BCUT2D eigenvalue weighted by molar-refractivity contribution is -0.118. The quantitative estimate of drug-likeness (QED) is 0.710. The second-order valence-corrected chi connectivity index (χ2v) is 6.40. The fraction of sp³-hybridized carbons (Fsp3) is 0.263. The maximum atomic E-state index is 12.7. The van der Waals surface area contributed by atoms with Crippen molar-refractivity contribution in [1.82, 2.24) is 5.32 Å². The molecular formula is C19H22ClN3O3. The van der Waals surface area contributed by atoms with E-state index in [0.717, 1.165) is 0 Å². The van der Waals surface area contributed by atoms with E-state index in [-0.39, 0.29) is 11.8 Å². The number of methoxy groups -OCH3 is 1. The van der Waals surface area contributed by atoms with Gasteiger partial charge in [-0.25, -0.2) is 4.79 Å². The number of carbonyl (C=O) groups excluding carboxylic acids is 2. The second kappa shape index (κ2) is 9.10. The van der Waals surface area contributed by atoms with E-state index in [4.69, 9.17) is 16.3 Å². The molecule has 2 aromatic rings. The Morgan fingerprint density at radius 2 is 1.69 bits per heavy atom. The van der Waals surface area contributed by atoms with Gasteiger partial charge in [-0.05, 0) is 30.2 Å². The molecule has 1 unspecified atom stereocenters. The summed E-state index contributed by atoms with van der Waals surface area (Å²) in [4.78, 5) is 24.9. The van der Waals surface area contributed by atoms with Crippen molar-refractivity contribution < 1.29 is 14.3 Å². The third-order valence-corrected chi connectivity index (χ3v) is 3.99. The van der Waals surface area contributed by atoms with E-state index in [9.17, 15) is 9.59 Å². The highest BCUT2D eigenvalue weighted by Gasteiger charge is 2.25. The van der Waals surface area contributed by atoms with Crippen LogP contribution in [0.5, 0.6) is 5.75 Å². The maximum absolute atomic E-state index is 12.7. The second-order valence-electron chi connectivity index (χ2n) is 6.00. The third-order valence-electron chi connectivity index (χ3n) is 3.70. The van der Waals surface area contributed by atoms with E-state index in [0.29, 0.717) is 22.1 Å². The average molecular weight is 376 g/mol. The molecule has 0 aliphatic heterocycles. The summed E-state index contributed by atoms with van der Waals surface area (Å²) in [6.07, 6.45) is 0. The number of amides is 3. The number of hydrogen-bond acceptors (Lipinski definition) is 3. The molecule has 0 spiro atoms. The molecule has 0 radical (unpaired) electrons. The van der Waals surface area contributed by atoms with Crippen LogP contribution in [0.1, 0.15) is 13.8 Å². The zero-order valence-corrected chi connectivity index (χ0v) is 15.6. The molecule has 0 heterocycles. The highest BCUT2D eigenvalue weighted by atomic mass is 35.5. The van der Waals surface area contributed by atoms with Crippen LogP contribution in [-0.2, 0) is 4.79 Å². The van der Waals surface area contributed by atoms with Gasteiger partial charge < -0.3 is 20.7 Å². The normalized spacial score (nSPS) is 11.6. The molecule has 1 atom stereocenters. The Morgan fingerprint density at radius 3 is 2.31 bits per heavy atom. The standard InChI is InChI=1S/C19H22ClN3O3/c1-12(2)16(23-19(25)21-13-8-5-4-6-9-13)18(24)22-15-11-7-10-14(20)17(15)26-3/h4-12,16H,1-3H3,(H,22,24)(H2,21,23,25). The molecule has 2 aromatic carbocycles. The first-order chi connectivity index (χ1) is 12.4. The molecule has 3 amide bonds. The molecule has 6 nitrogen and oxygen atoms in total. The van der Waals surface area contributed by atoms with Crippen LogP contribution in [0.25, 0.3) is 0 Å². The number of rotatable bonds is 6. The molecule has 0 saturated carbocycles. The Balaban J connectivity index is 2.08. The number of benzene rings is 2. The topological polar surface area (TPSA) is 79.5 Å². The fourth-order valence-electron chi connectivity index (χ4n) is 2.39. The number of anilines is 2. The summed E-state index contributed by atoms with van der Waals surface area (Å²) in [6.45, 7) is 3.70. The number of para-hydroxylation sites is 2. The van der Waals surface area contributed by atoms with Crippen molar-refractivity contribution >= 4 is 34.9 Å². The molecule has 0 fully saturated rings. The molecule has 138 valence electrons. The van der Waals surface area contributed by atoms with Crippen molar-refractivity contribution in [2.24, 2.45) is 5.92 Å². The van der Waals surface area contributed by atoms with Gasteiger partial charge in [-0.1, -0.05) is 49.7 Å². The van der Waals surface area contributed by atoms with Gasteiger partial charge in [0.25, 0.3) is 0 Å². The van der Waals surface area contributed by atoms with Crippen LogP contribution < -0.4 is 20.7 Å². The van der Waals surface area contributed by atoms with Gasteiger partial charge >= 0.3 is 6.03 Å². The molecule has 3 N–H and O–H groups in total. The number of nitrogens with one attached hydrogen (secondary N) is 3. The van der Waals surface area contributed by atoms with E-state index >= 15 is 0 Å². The average Bonchev–Trinajstić information content (AvgIpc) is 2.60. The monoisotopic (exact) mass is 375 g/mol. The Labute approximate surface area is 157 Å². The van der Waals surface area contributed by atoms with Crippen molar-refractivity contribution in [1.29, 1.82) is 0 Å². The zero-order valence-electron chi connectivity index (χ0n) is 14.9. The lowest BCUT2D eigenvalue weighted by Gasteiger charge is -2.22. The molecule has 0 aromatic heterocycles. The van der Waals surface area contributed by atoms with E-state index in [1.54, 1.807) is 30.3 Å². The predicted octanol–water partition coefficient (Wildman–Crippen LogP) is 4.13. The highest BCUT2D eigenvalue weighted by Crippen LogP contribution is 2.32. The molecule has 7 heteroatoms. The Hall–Kier alpha value is -2.73. The van der Waals surface area contributed by atoms with Crippen molar-refractivity contribution in [2.75, 3.05) is 17.7 Å². The van der Waals surface area contributed by atoms with Gasteiger partial charge in [-0.3, -0.25) is 4.79 Å². The summed E-state index contributed by atoms with van der Waals surface area (Å²) >= 11 is 6.07. The molecule has 0 saturated heterocycles. The first-order valence-corrected chi connectivity index (χ1v) is 8.56. The molecular weight excluding hydrogens is 354 g/mol. The van der Waals surface area contributed by atoms with Gasteiger partial charge in [0.05, 0.1) is 17.8 Å². The minimum atomic E-state index is -0.734. The SMILES string of the molecule is COc1c(Cl)cccc1NC(=O)C(NC(=O)Nc1ccccc1)C(C)C. The fourth-order valence-corrected chi connectivity index (χ4v) is 2.64. The van der Waals surface area contributed by atoms with E-state index in [1.807, 2.05) is 32.0 Å². The molecule has 0 bridgehead atoms. The summed E-state index contributed by atoms with van der Waals surface area (Å²) in [5.74, 6) is -0.107. The summed E-state index contributed by atoms with van der Waals surface area (Å²) in [7, 11) is 1.47. The van der Waals surface area contributed by atoms with Crippen LogP contribution in [0, 0.1) is 5.92 Å².